The van der Waals surface area contributed by atoms with Crippen LogP contribution in [0.15, 0.2) is 18.2 Å². The first-order valence-corrected chi connectivity index (χ1v) is 6.48. The Kier molecular flexibility index (Phi) is 8.13. The highest BCUT2D eigenvalue weighted by molar-refractivity contribution is 6.35. The summed E-state index contributed by atoms with van der Waals surface area (Å²) in [5.74, 6) is 0.477. The van der Waals surface area contributed by atoms with E-state index >= 15 is 0 Å². The molecule has 5 nitrogen and oxygen atoms in total. The number of aliphatic hydroxyl groups excluding tert-OH is 1. The van der Waals surface area contributed by atoms with E-state index in [4.69, 9.17) is 37.5 Å². The van der Waals surface area contributed by atoms with E-state index in [-0.39, 0.29) is 13.2 Å². The third kappa shape index (κ3) is 6.96. The summed E-state index contributed by atoms with van der Waals surface area (Å²) in [7, 11) is 1.59. The first kappa shape index (κ1) is 16.5. The molecule has 1 atom stereocenters. The largest absolute Gasteiger partial charge is 0.489 e. The average molecular weight is 310 g/mol. The van der Waals surface area contributed by atoms with Gasteiger partial charge < -0.3 is 14.6 Å². The molecule has 1 unspecified atom stereocenters. The van der Waals surface area contributed by atoms with Crippen molar-refractivity contribution < 1.29 is 19.4 Å². The summed E-state index contributed by atoms with van der Waals surface area (Å²) in [5.41, 5.74) is 2.62. The van der Waals surface area contributed by atoms with Crippen LogP contribution in [0.25, 0.3) is 0 Å². The number of aliphatic hydroxyl groups is 1. The Bertz CT molecular complexity index is 379. The molecule has 0 heterocycles. The maximum Gasteiger partial charge on any atom is 0.138 e. The molecule has 1 aromatic carbocycles. The van der Waals surface area contributed by atoms with Gasteiger partial charge in [-0.15, -0.1) is 0 Å². The molecule has 0 spiro atoms. The fourth-order valence-electron chi connectivity index (χ4n) is 1.19. The summed E-state index contributed by atoms with van der Waals surface area (Å²) in [6, 6.07) is 4.90. The van der Waals surface area contributed by atoms with Crippen molar-refractivity contribution in [1.29, 1.82) is 0 Å². The SMILES string of the molecule is COCCONCC(O)COc1ccc(Cl)cc1Cl. The zero-order valence-electron chi connectivity index (χ0n) is 10.6. The third-order valence-electron chi connectivity index (χ3n) is 2.14. The number of ether oxygens (including phenoxy) is 2. The minimum atomic E-state index is -0.714. The monoisotopic (exact) mass is 309 g/mol. The van der Waals surface area contributed by atoms with E-state index in [1.54, 1.807) is 25.3 Å². The lowest BCUT2D eigenvalue weighted by Gasteiger charge is -2.14. The topological polar surface area (TPSA) is 60.0 Å². The van der Waals surface area contributed by atoms with Crippen LogP contribution in [0.5, 0.6) is 5.75 Å². The molecule has 0 aliphatic carbocycles. The molecule has 0 aliphatic rings. The van der Waals surface area contributed by atoms with Crippen LogP contribution in [-0.2, 0) is 9.57 Å². The second-order valence-electron chi connectivity index (χ2n) is 3.73. The number of nitrogens with one attached hydrogen (secondary N) is 1. The highest BCUT2D eigenvalue weighted by Gasteiger charge is 2.07. The van der Waals surface area contributed by atoms with Crippen LogP contribution >= 0.6 is 23.2 Å². The van der Waals surface area contributed by atoms with Crippen molar-refractivity contribution in [1.82, 2.24) is 5.48 Å². The molecule has 1 rings (SSSR count). The lowest BCUT2D eigenvalue weighted by molar-refractivity contribution is -0.0173. The number of rotatable bonds is 9. The van der Waals surface area contributed by atoms with E-state index in [2.05, 4.69) is 5.48 Å². The second-order valence-corrected chi connectivity index (χ2v) is 4.57. The smallest absolute Gasteiger partial charge is 0.138 e. The van der Waals surface area contributed by atoms with Crippen LogP contribution < -0.4 is 10.2 Å². The van der Waals surface area contributed by atoms with Crippen molar-refractivity contribution in [2.75, 3.05) is 33.5 Å². The van der Waals surface area contributed by atoms with Gasteiger partial charge in [0.1, 0.15) is 18.5 Å². The molecule has 0 saturated heterocycles. The van der Waals surface area contributed by atoms with Gasteiger partial charge in [0, 0.05) is 12.1 Å². The molecule has 0 bridgehead atoms. The van der Waals surface area contributed by atoms with Crippen molar-refractivity contribution in [2.45, 2.75) is 6.10 Å². The number of hydrogen-bond acceptors (Lipinski definition) is 5. The van der Waals surface area contributed by atoms with Crippen LogP contribution in [0.1, 0.15) is 0 Å². The van der Waals surface area contributed by atoms with Gasteiger partial charge in [0.15, 0.2) is 0 Å². The zero-order chi connectivity index (χ0) is 14.1. The number of hydrogen-bond donors (Lipinski definition) is 2. The van der Waals surface area contributed by atoms with Gasteiger partial charge in [0.25, 0.3) is 0 Å². The summed E-state index contributed by atoms with van der Waals surface area (Å²) in [5, 5.41) is 10.6. The van der Waals surface area contributed by atoms with Gasteiger partial charge in [-0.2, -0.15) is 5.48 Å². The molecule has 0 radical (unpaired) electrons. The van der Waals surface area contributed by atoms with E-state index in [0.29, 0.717) is 29.0 Å². The van der Waals surface area contributed by atoms with Crippen LogP contribution in [-0.4, -0.2) is 44.7 Å². The first-order valence-electron chi connectivity index (χ1n) is 5.73. The minimum Gasteiger partial charge on any atom is -0.489 e. The number of benzene rings is 1. The molecule has 0 fully saturated rings. The van der Waals surface area contributed by atoms with E-state index in [1.807, 2.05) is 0 Å². The van der Waals surface area contributed by atoms with Crippen LogP contribution in [0.2, 0.25) is 10.0 Å². The normalized spacial score (nSPS) is 12.4. The Labute approximate surface area is 122 Å². The van der Waals surface area contributed by atoms with Crippen molar-refractivity contribution in [3.8, 4) is 5.75 Å². The average Bonchev–Trinajstić information content (AvgIpc) is 2.37. The Balaban J connectivity index is 2.20. The van der Waals surface area contributed by atoms with Gasteiger partial charge in [-0.1, -0.05) is 23.2 Å². The highest BCUT2D eigenvalue weighted by Crippen LogP contribution is 2.27. The molecule has 0 aromatic heterocycles. The zero-order valence-corrected chi connectivity index (χ0v) is 12.1. The molecule has 2 N–H and O–H groups in total. The lowest BCUT2D eigenvalue weighted by atomic mass is 10.3. The summed E-state index contributed by atoms with van der Waals surface area (Å²) in [6.45, 7) is 1.24. The van der Waals surface area contributed by atoms with Crippen molar-refractivity contribution in [3.63, 3.8) is 0 Å². The molecule has 0 aliphatic heterocycles. The summed E-state index contributed by atoms with van der Waals surface area (Å²) >= 11 is 11.7. The summed E-state index contributed by atoms with van der Waals surface area (Å²) in [4.78, 5) is 5.00. The van der Waals surface area contributed by atoms with Gasteiger partial charge in [0.2, 0.25) is 0 Å². The minimum absolute atomic E-state index is 0.0992. The van der Waals surface area contributed by atoms with Gasteiger partial charge in [0.05, 0.1) is 24.8 Å². The molecule has 0 amide bonds. The Morgan fingerprint density at radius 2 is 2.11 bits per heavy atom. The quantitative estimate of drug-likeness (QED) is 0.539. The first-order chi connectivity index (χ1) is 9.13. The van der Waals surface area contributed by atoms with Crippen LogP contribution in [0.4, 0.5) is 0 Å². The van der Waals surface area contributed by atoms with Crippen LogP contribution in [0.3, 0.4) is 0 Å². The number of hydroxylamine groups is 1. The molecule has 1 aromatic rings. The fourth-order valence-corrected chi connectivity index (χ4v) is 1.65. The van der Waals surface area contributed by atoms with Crippen molar-refractivity contribution in [3.05, 3.63) is 28.2 Å². The van der Waals surface area contributed by atoms with Gasteiger partial charge in [-0.3, -0.25) is 4.84 Å². The van der Waals surface area contributed by atoms with E-state index < -0.39 is 6.10 Å². The number of methoxy groups -OCH3 is 1. The maximum atomic E-state index is 9.64. The maximum absolute atomic E-state index is 9.64. The molecule has 0 saturated carbocycles. The van der Waals surface area contributed by atoms with E-state index in [9.17, 15) is 5.11 Å². The highest BCUT2D eigenvalue weighted by atomic mass is 35.5. The van der Waals surface area contributed by atoms with Crippen molar-refractivity contribution in [2.24, 2.45) is 0 Å². The molecule has 7 heteroatoms. The van der Waals surface area contributed by atoms with E-state index in [1.165, 1.54) is 0 Å². The third-order valence-corrected chi connectivity index (χ3v) is 2.67. The van der Waals surface area contributed by atoms with E-state index in [0.717, 1.165) is 0 Å². The predicted octanol–water partition coefficient (Wildman–Crippen LogP) is 1.90. The Morgan fingerprint density at radius 1 is 1.32 bits per heavy atom. The fraction of sp³-hybridized carbons (Fsp3) is 0.500. The molecular weight excluding hydrogens is 293 g/mol. The predicted molar refractivity (Wildman–Crippen MR) is 73.8 cm³/mol. The number of halogens is 2. The second kappa shape index (κ2) is 9.36. The molecular formula is C12H17Cl2NO4. The Morgan fingerprint density at radius 3 is 2.79 bits per heavy atom. The standard InChI is InChI=1S/C12H17Cl2NO4/c1-17-4-5-19-15-7-10(16)8-18-12-3-2-9(13)6-11(12)14/h2-3,6,10,15-16H,4-5,7-8H2,1H3. The molecule has 108 valence electrons. The summed E-state index contributed by atoms with van der Waals surface area (Å²) in [6.07, 6.45) is -0.714. The van der Waals surface area contributed by atoms with Gasteiger partial charge in [-0.25, -0.2) is 0 Å². The molecule has 19 heavy (non-hydrogen) atoms. The van der Waals surface area contributed by atoms with Crippen LogP contribution in [0, 0.1) is 0 Å². The van der Waals surface area contributed by atoms with Crippen molar-refractivity contribution >= 4 is 23.2 Å². The summed E-state index contributed by atoms with van der Waals surface area (Å²) < 4.78 is 10.2. The van der Waals surface area contributed by atoms with Gasteiger partial charge >= 0.3 is 0 Å². The Hall–Kier alpha value is -0.560. The lowest BCUT2D eigenvalue weighted by Crippen LogP contribution is -2.32. The van der Waals surface area contributed by atoms with Gasteiger partial charge in [-0.05, 0) is 18.2 Å².